The van der Waals surface area contributed by atoms with E-state index in [1.807, 2.05) is 18.2 Å². The van der Waals surface area contributed by atoms with E-state index in [1.54, 1.807) is 6.08 Å². The molecule has 2 rings (SSSR count). The van der Waals surface area contributed by atoms with E-state index in [0.29, 0.717) is 6.61 Å². The van der Waals surface area contributed by atoms with Crippen molar-refractivity contribution in [2.75, 3.05) is 13.2 Å². The molecule has 3 N–H and O–H groups in total. The van der Waals surface area contributed by atoms with Gasteiger partial charge in [0.15, 0.2) is 6.10 Å². The van der Waals surface area contributed by atoms with E-state index in [-0.39, 0.29) is 18.9 Å². The van der Waals surface area contributed by atoms with Crippen LogP contribution in [0.2, 0.25) is 0 Å². The molecule has 21 heavy (non-hydrogen) atoms. The van der Waals surface area contributed by atoms with E-state index < -0.39 is 12.1 Å². The van der Waals surface area contributed by atoms with Crippen LogP contribution in [-0.2, 0) is 16.0 Å². The maximum atomic E-state index is 11.5. The van der Waals surface area contributed by atoms with Crippen molar-refractivity contribution in [1.29, 1.82) is 0 Å². The summed E-state index contributed by atoms with van der Waals surface area (Å²) in [6.45, 7) is 0.795. The highest BCUT2D eigenvalue weighted by Gasteiger charge is 2.12. The fraction of sp³-hybridized carbons (Fsp3) is 0.333. The van der Waals surface area contributed by atoms with E-state index >= 15 is 0 Å². The zero-order valence-electron chi connectivity index (χ0n) is 11.4. The van der Waals surface area contributed by atoms with Gasteiger partial charge >= 0.3 is 5.97 Å². The molecule has 0 spiro atoms. The summed E-state index contributed by atoms with van der Waals surface area (Å²) in [5.74, 6) is -0.733. The fourth-order valence-electron chi connectivity index (χ4n) is 2.00. The molecule has 0 saturated carbocycles. The third-order valence-electron chi connectivity index (χ3n) is 3.14. The molecule has 0 radical (unpaired) electrons. The Morgan fingerprint density at radius 3 is 3.00 bits per heavy atom. The zero-order chi connectivity index (χ0) is 15.2. The summed E-state index contributed by atoms with van der Waals surface area (Å²) in [6, 6.07) is 5.71. The number of ether oxygens (including phenoxy) is 1. The molecule has 0 fully saturated rings. The minimum atomic E-state index is -1.45. The Balaban J connectivity index is 1.81. The monoisotopic (exact) mass is 291 g/mol. The molecule has 1 aliphatic heterocycles. The van der Waals surface area contributed by atoms with Crippen molar-refractivity contribution in [3.8, 4) is 5.75 Å². The third kappa shape index (κ3) is 4.32. The van der Waals surface area contributed by atoms with Crippen molar-refractivity contribution in [3.63, 3.8) is 0 Å². The first-order chi connectivity index (χ1) is 10.1. The first kappa shape index (κ1) is 15.1. The van der Waals surface area contributed by atoms with Crippen LogP contribution in [0.5, 0.6) is 5.75 Å². The smallest absolute Gasteiger partial charge is 0.332 e. The average Bonchev–Trinajstić information content (AvgIpc) is 2.92. The molecule has 0 unspecified atom stereocenters. The van der Waals surface area contributed by atoms with Gasteiger partial charge < -0.3 is 20.3 Å². The van der Waals surface area contributed by atoms with Crippen LogP contribution in [0.4, 0.5) is 0 Å². The second kappa shape index (κ2) is 6.90. The molecule has 6 heteroatoms. The first-order valence-electron chi connectivity index (χ1n) is 6.69. The van der Waals surface area contributed by atoms with Crippen LogP contribution >= 0.6 is 0 Å². The Kier molecular flexibility index (Phi) is 4.94. The van der Waals surface area contributed by atoms with Crippen molar-refractivity contribution in [2.24, 2.45) is 0 Å². The van der Waals surface area contributed by atoms with Crippen molar-refractivity contribution in [2.45, 2.75) is 18.9 Å². The topological polar surface area (TPSA) is 95.9 Å². The zero-order valence-corrected chi connectivity index (χ0v) is 11.4. The molecule has 1 aromatic carbocycles. The summed E-state index contributed by atoms with van der Waals surface area (Å²) >= 11 is 0. The minimum absolute atomic E-state index is 0.0227. The standard InChI is InChI=1S/C15H17NO5/c17-12(15(19)20)5-7-16-14(18)4-2-10-1-3-13-11(9-10)6-8-21-13/h1-4,9,12,17H,5-8H2,(H,16,18)(H,19,20)/b4-2+/t12-/m0/s1. The number of rotatable bonds is 6. The number of carbonyl (C=O) groups excluding carboxylic acids is 1. The number of aliphatic hydroxyl groups excluding tert-OH is 1. The Morgan fingerprint density at radius 1 is 1.43 bits per heavy atom. The second-order valence-electron chi connectivity index (χ2n) is 4.73. The molecular weight excluding hydrogens is 274 g/mol. The van der Waals surface area contributed by atoms with Crippen molar-refractivity contribution in [3.05, 3.63) is 35.4 Å². The Hall–Kier alpha value is -2.34. The number of carbonyl (C=O) groups is 2. The Labute approximate surface area is 122 Å². The lowest BCUT2D eigenvalue weighted by atomic mass is 10.1. The highest BCUT2D eigenvalue weighted by atomic mass is 16.5. The molecule has 1 amide bonds. The average molecular weight is 291 g/mol. The highest BCUT2D eigenvalue weighted by molar-refractivity contribution is 5.91. The van der Waals surface area contributed by atoms with Crippen LogP contribution in [0.3, 0.4) is 0 Å². The molecule has 1 aliphatic rings. The van der Waals surface area contributed by atoms with Gasteiger partial charge in [-0.25, -0.2) is 4.79 Å². The summed E-state index contributed by atoms with van der Waals surface area (Å²) < 4.78 is 5.40. The number of aliphatic carboxylic acids is 1. The number of hydrogen-bond acceptors (Lipinski definition) is 4. The summed E-state index contributed by atoms with van der Waals surface area (Å²) in [5.41, 5.74) is 2.03. The van der Waals surface area contributed by atoms with Gasteiger partial charge in [-0.1, -0.05) is 6.07 Å². The summed E-state index contributed by atoms with van der Waals surface area (Å²) in [7, 11) is 0. The molecule has 0 aliphatic carbocycles. The lowest BCUT2D eigenvalue weighted by Crippen LogP contribution is -2.28. The van der Waals surface area contributed by atoms with Crippen LogP contribution < -0.4 is 10.1 Å². The molecular formula is C15H17NO5. The minimum Gasteiger partial charge on any atom is -0.493 e. The highest BCUT2D eigenvalue weighted by Crippen LogP contribution is 2.26. The molecule has 0 aromatic heterocycles. The fourth-order valence-corrected chi connectivity index (χ4v) is 2.00. The predicted octanol–water partition coefficient (Wildman–Crippen LogP) is 0.586. The first-order valence-corrected chi connectivity index (χ1v) is 6.69. The SMILES string of the molecule is O=C(/C=C/c1ccc2c(c1)CCO2)NCC[C@H](O)C(=O)O. The lowest BCUT2D eigenvalue weighted by molar-refractivity contribution is -0.147. The van der Waals surface area contributed by atoms with Crippen LogP contribution in [0, 0.1) is 0 Å². The number of hydrogen-bond donors (Lipinski definition) is 3. The van der Waals surface area contributed by atoms with Crippen molar-refractivity contribution < 1.29 is 24.5 Å². The molecule has 112 valence electrons. The van der Waals surface area contributed by atoms with E-state index in [1.165, 1.54) is 6.08 Å². The maximum absolute atomic E-state index is 11.5. The lowest BCUT2D eigenvalue weighted by Gasteiger charge is -2.05. The van der Waals surface area contributed by atoms with Crippen LogP contribution in [-0.4, -0.2) is 41.3 Å². The van der Waals surface area contributed by atoms with Gasteiger partial charge in [0.25, 0.3) is 0 Å². The van der Waals surface area contributed by atoms with Gasteiger partial charge in [-0.3, -0.25) is 4.79 Å². The molecule has 1 heterocycles. The quantitative estimate of drug-likeness (QED) is 0.667. The van der Waals surface area contributed by atoms with Crippen molar-refractivity contribution in [1.82, 2.24) is 5.32 Å². The largest absolute Gasteiger partial charge is 0.493 e. The molecule has 0 saturated heterocycles. The summed E-state index contributed by atoms with van der Waals surface area (Å²) in [4.78, 5) is 21.9. The number of carboxylic acids is 1. The number of carboxylic acid groups (broad SMARTS) is 1. The molecule has 1 aromatic rings. The van der Waals surface area contributed by atoms with Gasteiger partial charge in [0.1, 0.15) is 5.75 Å². The van der Waals surface area contributed by atoms with Crippen LogP contribution in [0.1, 0.15) is 17.5 Å². The molecule has 1 atom stereocenters. The van der Waals surface area contributed by atoms with Crippen LogP contribution in [0.15, 0.2) is 24.3 Å². The van der Waals surface area contributed by atoms with Gasteiger partial charge in [-0.2, -0.15) is 0 Å². The van der Waals surface area contributed by atoms with E-state index in [0.717, 1.165) is 23.3 Å². The van der Waals surface area contributed by atoms with Gasteiger partial charge in [-0.15, -0.1) is 0 Å². The summed E-state index contributed by atoms with van der Waals surface area (Å²) in [5, 5.41) is 20.1. The molecule has 6 nitrogen and oxygen atoms in total. The predicted molar refractivity (Wildman–Crippen MR) is 75.9 cm³/mol. The van der Waals surface area contributed by atoms with Gasteiger partial charge in [0, 0.05) is 25.5 Å². The number of fused-ring (bicyclic) bond motifs is 1. The Bertz CT molecular complexity index is 567. The number of benzene rings is 1. The maximum Gasteiger partial charge on any atom is 0.332 e. The number of amides is 1. The number of aliphatic hydroxyl groups is 1. The normalized spacial score (nSPS) is 14.5. The summed E-state index contributed by atoms with van der Waals surface area (Å²) in [6.07, 6.45) is 2.46. The number of nitrogens with one attached hydrogen (secondary N) is 1. The van der Waals surface area contributed by atoms with Crippen molar-refractivity contribution >= 4 is 18.0 Å². The van der Waals surface area contributed by atoms with Gasteiger partial charge in [0.05, 0.1) is 6.61 Å². The second-order valence-corrected chi connectivity index (χ2v) is 4.73. The van der Waals surface area contributed by atoms with E-state index in [4.69, 9.17) is 14.9 Å². The van der Waals surface area contributed by atoms with E-state index in [9.17, 15) is 9.59 Å². The van der Waals surface area contributed by atoms with Gasteiger partial charge in [0.2, 0.25) is 5.91 Å². The van der Waals surface area contributed by atoms with E-state index in [2.05, 4.69) is 5.32 Å². The van der Waals surface area contributed by atoms with Gasteiger partial charge in [-0.05, 0) is 29.3 Å². The van der Waals surface area contributed by atoms with Crippen LogP contribution in [0.25, 0.3) is 6.08 Å². The molecule has 0 bridgehead atoms. The third-order valence-corrected chi connectivity index (χ3v) is 3.14. The Morgan fingerprint density at radius 2 is 2.24 bits per heavy atom.